The molecule has 0 amide bonds. The van der Waals surface area contributed by atoms with Gasteiger partial charge in [0.1, 0.15) is 0 Å². The minimum absolute atomic E-state index is 0.801. The van der Waals surface area contributed by atoms with Crippen molar-refractivity contribution in [2.75, 3.05) is 0 Å². The average molecular weight is 394 g/mol. The van der Waals surface area contributed by atoms with E-state index >= 15 is 0 Å². The van der Waals surface area contributed by atoms with Crippen molar-refractivity contribution in [1.82, 2.24) is 20.2 Å². The van der Waals surface area contributed by atoms with E-state index in [4.69, 9.17) is 0 Å². The quantitative estimate of drug-likeness (QED) is 0.502. The number of tetrazole rings is 1. The lowest BCUT2D eigenvalue weighted by molar-refractivity contribution is 0.756. The Labute approximate surface area is 134 Å². The minimum Gasteiger partial charge on any atom is -0.188 e. The lowest BCUT2D eigenvalue weighted by Gasteiger charge is -2.04. The Morgan fingerprint density at radius 2 is 1.75 bits per heavy atom. The van der Waals surface area contributed by atoms with Gasteiger partial charge in [0.05, 0.1) is 5.69 Å². The maximum Gasteiger partial charge on any atom is 0.214 e. The molecule has 1 heterocycles. The topological polar surface area (TPSA) is 43.6 Å². The zero-order valence-corrected chi connectivity index (χ0v) is 13.5. The summed E-state index contributed by atoms with van der Waals surface area (Å²) in [7, 11) is 0. The molecular weight excluding hydrogens is 383 g/mol. The van der Waals surface area contributed by atoms with Crippen LogP contribution in [0, 0.1) is 3.57 Å². The number of rotatable bonds is 4. The summed E-state index contributed by atoms with van der Waals surface area (Å²) in [4.78, 5) is 0. The second-order valence-corrected chi connectivity index (χ2v) is 6.31. The van der Waals surface area contributed by atoms with Gasteiger partial charge in [-0.15, -0.1) is 5.10 Å². The van der Waals surface area contributed by atoms with Crippen LogP contribution in [0.5, 0.6) is 0 Å². The van der Waals surface area contributed by atoms with E-state index in [2.05, 4.69) is 62.4 Å². The molecule has 0 aliphatic rings. The van der Waals surface area contributed by atoms with Gasteiger partial charge in [-0.3, -0.25) is 0 Å². The molecule has 0 bridgehead atoms. The van der Waals surface area contributed by atoms with Gasteiger partial charge in [0.25, 0.3) is 0 Å². The van der Waals surface area contributed by atoms with Crippen molar-refractivity contribution in [3.63, 3.8) is 0 Å². The molecule has 0 fully saturated rings. The summed E-state index contributed by atoms with van der Waals surface area (Å²) in [5, 5.41) is 12.7. The van der Waals surface area contributed by atoms with Crippen LogP contribution in [0.4, 0.5) is 0 Å². The van der Waals surface area contributed by atoms with E-state index in [1.54, 1.807) is 16.4 Å². The van der Waals surface area contributed by atoms with Gasteiger partial charge in [0.2, 0.25) is 5.16 Å². The molecule has 1 aromatic heterocycles. The first-order valence-electron chi connectivity index (χ1n) is 6.04. The van der Waals surface area contributed by atoms with E-state index < -0.39 is 0 Å². The van der Waals surface area contributed by atoms with Crippen molar-refractivity contribution < 1.29 is 0 Å². The van der Waals surface area contributed by atoms with E-state index in [-0.39, 0.29) is 0 Å². The van der Waals surface area contributed by atoms with Gasteiger partial charge < -0.3 is 0 Å². The Bertz CT molecular complexity index is 682. The average Bonchev–Trinajstić information content (AvgIpc) is 2.96. The maximum atomic E-state index is 4.09. The van der Waals surface area contributed by atoms with Crippen molar-refractivity contribution in [2.24, 2.45) is 0 Å². The molecule has 4 nitrogen and oxygen atoms in total. The molecule has 0 aliphatic heterocycles. The molecule has 0 unspecified atom stereocenters. The molecule has 6 heteroatoms. The number of hydrogen-bond acceptors (Lipinski definition) is 4. The Hall–Kier alpha value is -1.41. The smallest absolute Gasteiger partial charge is 0.188 e. The van der Waals surface area contributed by atoms with E-state index in [0.29, 0.717) is 0 Å². The van der Waals surface area contributed by atoms with Crippen LogP contribution in [0.15, 0.2) is 59.8 Å². The maximum absolute atomic E-state index is 4.09. The predicted octanol–water partition coefficient (Wildman–Crippen LogP) is 3.56. The molecule has 20 heavy (non-hydrogen) atoms. The van der Waals surface area contributed by atoms with Gasteiger partial charge in [-0.1, -0.05) is 42.1 Å². The Balaban J connectivity index is 1.76. The van der Waals surface area contributed by atoms with Crippen molar-refractivity contribution in [3.8, 4) is 5.69 Å². The van der Waals surface area contributed by atoms with Crippen LogP contribution in [0.25, 0.3) is 5.69 Å². The first-order chi connectivity index (χ1) is 9.83. The van der Waals surface area contributed by atoms with Gasteiger partial charge in [0, 0.05) is 9.32 Å². The van der Waals surface area contributed by atoms with E-state index in [9.17, 15) is 0 Å². The van der Waals surface area contributed by atoms with Crippen LogP contribution in [-0.2, 0) is 5.75 Å². The fourth-order valence-corrected chi connectivity index (χ4v) is 2.93. The minimum atomic E-state index is 0.801. The zero-order valence-electron chi connectivity index (χ0n) is 10.5. The first kappa shape index (κ1) is 13.6. The number of nitrogens with zero attached hydrogens (tertiary/aromatic N) is 4. The molecule has 0 saturated carbocycles. The summed E-state index contributed by atoms with van der Waals surface area (Å²) in [5.41, 5.74) is 2.24. The molecule has 0 spiro atoms. The van der Waals surface area contributed by atoms with E-state index in [1.807, 2.05) is 30.3 Å². The van der Waals surface area contributed by atoms with Gasteiger partial charge >= 0.3 is 0 Å². The molecular formula is C14H11IN4S. The van der Waals surface area contributed by atoms with Gasteiger partial charge in [-0.25, -0.2) is 0 Å². The number of para-hydroxylation sites is 1. The summed E-state index contributed by atoms with van der Waals surface area (Å²) in [6.07, 6.45) is 0. The third-order valence-corrected chi connectivity index (χ3v) is 4.43. The van der Waals surface area contributed by atoms with Crippen molar-refractivity contribution in [2.45, 2.75) is 10.9 Å². The highest BCUT2D eigenvalue weighted by Gasteiger charge is 2.08. The lowest BCUT2D eigenvalue weighted by atomic mass is 10.2. The van der Waals surface area contributed by atoms with Crippen LogP contribution in [-0.4, -0.2) is 20.2 Å². The molecule has 0 saturated heterocycles. The molecule has 0 N–H and O–H groups in total. The zero-order chi connectivity index (χ0) is 13.8. The number of aromatic nitrogens is 4. The summed E-state index contributed by atoms with van der Waals surface area (Å²) >= 11 is 3.94. The van der Waals surface area contributed by atoms with Crippen molar-refractivity contribution >= 4 is 34.4 Å². The van der Waals surface area contributed by atoms with E-state index in [1.165, 1.54) is 9.13 Å². The second kappa shape index (κ2) is 6.36. The standard InChI is InChI=1S/C14H11IN4S/c15-12-8-6-11(7-9-12)10-20-14-16-17-18-19(14)13-4-2-1-3-5-13/h1-9H,10H2. The van der Waals surface area contributed by atoms with Crippen LogP contribution >= 0.6 is 34.4 Å². The molecule has 3 rings (SSSR count). The molecule has 0 aliphatic carbocycles. The number of thioether (sulfide) groups is 1. The number of hydrogen-bond donors (Lipinski definition) is 0. The van der Waals surface area contributed by atoms with Crippen LogP contribution in [0.1, 0.15) is 5.56 Å². The largest absolute Gasteiger partial charge is 0.214 e. The lowest BCUT2D eigenvalue weighted by Crippen LogP contribution is -1.98. The Kier molecular flexibility index (Phi) is 4.31. The predicted molar refractivity (Wildman–Crippen MR) is 87.9 cm³/mol. The highest BCUT2D eigenvalue weighted by atomic mass is 127. The summed E-state index contributed by atoms with van der Waals surface area (Å²) in [6.45, 7) is 0. The highest BCUT2D eigenvalue weighted by Crippen LogP contribution is 2.22. The van der Waals surface area contributed by atoms with Crippen LogP contribution in [0.3, 0.4) is 0 Å². The first-order valence-corrected chi connectivity index (χ1v) is 8.10. The molecule has 3 aromatic rings. The molecule has 2 aromatic carbocycles. The third-order valence-electron chi connectivity index (χ3n) is 2.72. The number of halogens is 1. The van der Waals surface area contributed by atoms with Crippen LogP contribution in [0.2, 0.25) is 0 Å². The summed E-state index contributed by atoms with van der Waals surface area (Å²) < 4.78 is 3.00. The van der Waals surface area contributed by atoms with Gasteiger partial charge in [0.15, 0.2) is 0 Å². The third kappa shape index (κ3) is 3.18. The normalized spacial score (nSPS) is 10.7. The van der Waals surface area contributed by atoms with Crippen LogP contribution < -0.4 is 0 Å². The van der Waals surface area contributed by atoms with Crippen molar-refractivity contribution in [3.05, 3.63) is 63.7 Å². The highest BCUT2D eigenvalue weighted by molar-refractivity contribution is 14.1. The number of benzene rings is 2. The molecule has 100 valence electrons. The van der Waals surface area contributed by atoms with Gasteiger partial charge in [-0.2, -0.15) is 4.68 Å². The second-order valence-electron chi connectivity index (χ2n) is 4.12. The summed E-state index contributed by atoms with van der Waals surface area (Å²) in [5.74, 6) is 0.851. The Morgan fingerprint density at radius 3 is 2.50 bits per heavy atom. The van der Waals surface area contributed by atoms with E-state index in [0.717, 1.165) is 16.6 Å². The molecule has 0 radical (unpaired) electrons. The monoisotopic (exact) mass is 394 g/mol. The fourth-order valence-electron chi connectivity index (χ4n) is 1.73. The summed E-state index contributed by atoms with van der Waals surface area (Å²) in [6, 6.07) is 18.4. The Morgan fingerprint density at radius 1 is 1.00 bits per heavy atom. The SMILES string of the molecule is Ic1ccc(CSc2nnnn2-c2ccccc2)cc1. The van der Waals surface area contributed by atoms with Crippen molar-refractivity contribution in [1.29, 1.82) is 0 Å². The van der Waals surface area contributed by atoms with Gasteiger partial charge in [-0.05, 0) is 62.8 Å². The molecule has 0 atom stereocenters. The fraction of sp³-hybridized carbons (Fsp3) is 0.0714.